The highest BCUT2D eigenvalue weighted by Gasteiger charge is 2.11. The van der Waals surface area contributed by atoms with Gasteiger partial charge in [0.15, 0.2) is 18.1 Å². The fourth-order valence-electron chi connectivity index (χ4n) is 2.26. The molecule has 8 nitrogen and oxygen atoms in total. The first-order valence-corrected chi connectivity index (χ1v) is 8.43. The number of carboxylic acids is 1. The molecule has 2 amide bonds. The second-order valence-electron chi connectivity index (χ2n) is 6.13. The summed E-state index contributed by atoms with van der Waals surface area (Å²) in [5.41, 5.74) is 1.25. The van der Waals surface area contributed by atoms with Gasteiger partial charge in [-0.2, -0.15) is 0 Å². The number of carbonyl (C=O) groups is 3. The molecule has 0 spiro atoms. The van der Waals surface area contributed by atoms with E-state index in [4.69, 9.17) is 14.6 Å². The van der Waals surface area contributed by atoms with E-state index in [-0.39, 0.29) is 30.5 Å². The van der Waals surface area contributed by atoms with Crippen LogP contribution < -0.4 is 14.8 Å². The minimum atomic E-state index is -1.05. The zero-order valence-electron chi connectivity index (χ0n) is 15.9. The van der Waals surface area contributed by atoms with Crippen molar-refractivity contribution in [1.82, 2.24) is 10.2 Å². The normalized spacial score (nSPS) is 10.1. The van der Waals surface area contributed by atoms with Gasteiger partial charge < -0.3 is 24.8 Å². The number of amides is 2. The van der Waals surface area contributed by atoms with Crippen molar-refractivity contribution in [1.29, 1.82) is 0 Å². The summed E-state index contributed by atoms with van der Waals surface area (Å²) in [7, 11) is 4.77. The molecule has 2 aromatic carbocycles. The van der Waals surface area contributed by atoms with Gasteiger partial charge in [-0.3, -0.25) is 9.59 Å². The molecule has 0 radical (unpaired) electrons. The van der Waals surface area contributed by atoms with Crippen LogP contribution in [0.25, 0.3) is 0 Å². The summed E-state index contributed by atoms with van der Waals surface area (Å²) in [4.78, 5) is 36.1. The highest BCUT2D eigenvalue weighted by atomic mass is 16.5. The Hall–Kier alpha value is -3.55. The van der Waals surface area contributed by atoms with E-state index in [0.717, 1.165) is 5.56 Å². The van der Waals surface area contributed by atoms with E-state index in [1.165, 1.54) is 36.3 Å². The third kappa shape index (κ3) is 5.47. The van der Waals surface area contributed by atoms with Crippen LogP contribution in [0, 0.1) is 0 Å². The molecular weight excluding hydrogens is 364 g/mol. The minimum Gasteiger partial charge on any atom is -0.493 e. The van der Waals surface area contributed by atoms with E-state index in [2.05, 4.69) is 5.32 Å². The maximum atomic E-state index is 12.2. The number of nitrogens with one attached hydrogen (secondary N) is 1. The van der Waals surface area contributed by atoms with Crippen molar-refractivity contribution in [2.24, 2.45) is 0 Å². The van der Waals surface area contributed by atoms with Crippen LogP contribution in [0.3, 0.4) is 0 Å². The number of aromatic carboxylic acids is 1. The zero-order chi connectivity index (χ0) is 20.7. The lowest BCUT2D eigenvalue weighted by Gasteiger charge is -2.14. The number of hydrogen-bond donors (Lipinski definition) is 2. The summed E-state index contributed by atoms with van der Waals surface area (Å²) in [6, 6.07) is 10.8. The van der Waals surface area contributed by atoms with Crippen LogP contribution in [-0.2, 0) is 11.3 Å². The van der Waals surface area contributed by atoms with Crippen molar-refractivity contribution in [3.05, 3.63) is 59.2 Å². The summed E-state index contributed by atoms with van der Waals surface area (Å²) in [5, 5.41) is 11.6. The number of rotatable bonds is 8. The first kappa shape index (κ1) is 20.8. The number of hydrogen-bond acceptors (Lipinski definition) is 5. The van der Waals surface area contributed by atoms with E-state index in [9.17, 15) is 14.4 Å². The second-order valence-corrected chi connectivity index (χ2v) is 6.13. The zero-order valence-corrected chi connectivity index (χ0v) is 15.9. The SMILES string of the molecule is COc1cc(CNC(=O)c2ccc(C(=O)O)cc2)ccc1OCC(=O)N(C)C. The summed E-state index contributed by atoms with van der Waals surface area (Å²) >= 11 is 0. The van der Waals surface area contributed by atoms with E-state index in [1.807, 2.05) is 0 Å². The summed E-state index contributed by atoms with van der Waals surface area (Å²) in [5.74, 6) is -0.671. The van der Waals surface area contributed by atoms with Gasteiger partial charge in [-0.1, -0.05) is 6.07 Å². The molecule has 8 heteroatoms. The Labute approximate surface area is 162 Å². The Bertz CT molecular complexity index is 861. The molecule has 2 aromatic rings. The van der Waals surface area contributed by atoms with Crippen molar-refractivity contribution < 1.29 is 29.0 Å². The Morgan fingerprint density at radius 1 is 1.00 bits per heavy atom. The molecule has 0 bridgehead atoms. The lowest BCUT2D eigenvalue weighted by molar-refractivity contribution is -0.130. The van der Waals surface area contributed by atoms with Crippen molar-refractivity contribution in [3.63, 3.8) is 0 Å². The first-order chi connectivity index (χ1) is 13.3. The molecule has 0 heterocycles. The summed E-state index contributed by atoms with van der Waals surface area (Å²) in [6.07, 6.45) is 0. The van der Waals surface area contributed by atoms with Crippen molar-refractivity contribution >= 4 is 17.8 Å². The van der Waals surface area contributed by atoms with Crippen molar-refractivity contribution in [2.45, 2.75) is 6.54 Å². The molecule has 0 saturated carbocycles. The van der Waals surface area contributed by atoms with Crippen LogP contribution in [0.4, 0.5) is 0 Å². The van der Waals surface area contributed by atoms with Crippen LogP contribution in [-0.4, -0.2) is 55.6 Å². The van der Waals surface area contributed by atoms with Crippen molar-refractivity contribution in [3.8, 4) is 11.5 Å². The van der Waals surface area contributed by atoms with Gasteiger partial charge in [0.05, 0.1) is 12.7 Å². The molecular formula is C20H22N2O6. The first-order valence-electron chi connectivity index (χ1n) is 8.43. The Kier molecular flexibility index (Phi) is 6.97. The molecule has 0 atom stereocenters. The number of benzene rings is 2. The fraction of sp³-hybridized carbons (Fsp3) is 0.250. The van der Waals surface area contributed by atoms with E-state index >= 15 is 0 Å². The molecule has 28 heavy (non-hydrogen) atoms. The summed E-state index contributed by atoms with van der Waals surface area (Å²) in [6.45, 7) is 0.137. The molecule has 0 fully saturated rings. The molecule has 0 unspecified atom stereocenters. The molecule has 148 valence electrons. The number of likely N-dealkylation sites (N-methyl/N-ethyl adjacent to an activating group) is 1. The average molecular weight is 386 g/mol. The standard InChI is InChI=1S/C20H22N2O6/c1-22(2)18(23)12-28-16-9-4-13(10-17(16)27-3)11-21-19(24)14-5-7-15(8-6-14)20(25)26/h4-10H,11-12H2,1-3H3,(H,21,24)(H,25,26). The van der Waals surface area contributed by atoms with Crippen LogP contribution in [0.1, 0.15) is 26.3 Å². The molecule has 0 aliphatic heterocycles. The van der Waals surface area contributed by atoms with E-state index in [0.29, 0.717) is 17.1 Å². The maximum Gasteiger partial charge on any atom is 0.335 e. The van der Waals surface area contributed by atoms with Gasteiger partial charge in [-0.25, -0.2) is 4.79 Å². The molecule has 0 aliphatic rings. The van der Waals surface area contributed by atoms with Crippen LogP contribution in [0.15, 0.2) is 42.5 Å². The highest BCUT2D eigenvalue weighted by molar-refractivity contribution is 5.95. The lowest BCUT2D eigenvalue weighted by Crippen LogP contribution is -2.27. The smallest absolute Gasteiger partial charge is 0.335 e. The van der Waals surface area contributed by atoms with Crippen molar-refractivity contribution in [2.75, 3.05) is 27.8 Å². The van der Waals surface area contributed by atoms with Crippen LogP contribution in [0.5, 0.6) is 11.5 Å². The highest BCUT2D eigenvalue weighted by Crippen LogP contribution is 2.28. The van der Waals surface area contributed by atoms with Crippen LogP contribution >= 0.6 is 0 Å². The Morgan fingerprint density at radius 3 is 2.21 bits per heavy atom. The van der Waals surface area contributed by atoms with E-state index < -0.39 is 5.97 Å². The number of nitrogens with zero attached hydrogens (tertiary/aromatic N) is 1. The summed E-state index contributed by atoms with van der Waals surface area (Å²) < 4.78 is 10.8. The molecule has 0 aliphatic carbocycles. The minimum absolute atomic E-state index is 0.105. The van der Waals surface area contributed by atoms with Gasteiger partial charge in [0.25, 0.3) is 11.8 Å². The van der Waals surface area contributed by atoms with Gasteiger partial charge in [-0.05, 0) is 42.0 Å². The molecule has 2 rings (SSSR count). The number of carbonyl (C=O) groups excluding carboxylic acids is 2. The lowest BCUT2D eigenvalue weighted by atomic mass is 10.1. The Balaban J connectivity index is 1.99. The number of methoxy groups -OCH3 is 1. The van der Waals surface area contributed by atoms with Gasteiger partial charge in [-0.15, -0.1) is 0 Å². The number of carboxylic acid groups (broad SMARTS) is 1. The van der Waals surface area contributed by atoms with Gasteiger partial charge >= 0.3 is 5.97 Å². The monoisotopic (exact) mass is 386 g/mol. The number of ether oxygens (including phenoxy) is 2. The predicted octanol–water partition coefficient (Wildman–Crippen LogP) is 1.79. The quantitative estimate of drug-likeness (QED) is 0.717. The molecule has 0 aromatic heterocycles. The van der Waals surface area contributed by atoms with Gasteiger partial charge in [0.1, 0.15) is 0 Å². The third-order valence-corrected chi connectivity index (χ3v) is 3.93. The van der Waals surface area contributed by atoms with Gasteiger partial charge in [0, 0.05) is 26.2 Å². The third-order valence-electron chi connectivity index (χ3n) is 3.93. The average Bonchev–Trinajstić information content (AvgIpc) is 2.70. The van der Waals surface area contributed by atoms with E-state index in [1.54, 1.807) is 32.3 Å². The van der Waals surface area contributed by atoms with Gasteiger partial charge in [0.2, 0.25) is 0 Å². The molecule has 2 N–H and O–H groups in total. The maximum absolute atomic E-state index is 12.2. The topological polar surface area (TPSA) is 105 Å². The Morgan fingerprint density at radius 2 is 1.64 bits per heavy atom. The predicted molar refractivity (Wildman–Crippen MR) is 102 cm³/mol. The molecule has 0 saturated heterocycles. The van der Waals surface area contributed by atoms with Crippen LogP contribution in [0.2, 0.25) is 0 Å². The largest absolute Gasteiger partial charge is 0.493 e. The second kappa shape index (κ2) is 9.40. The fourth-order valence-corrected chi connectivity index (χ4v) is 2.26.